The molecule has 1 aliphatic carbocycles. The minimum Gasteiger partial charge on any atom is -0.358 e. The van der Waals surface area contributed by atoms with Crippen molar-refractivity contribution in [1.29, 1.82) is 0 Å². The van der Waals surface area contributed by atoms with Crippen LogP contribution in [-0.4, -0.2) is 31.9 Å². The van der Waals surface area contributed by atoms with Gasteiger partial charge < -0.3 is 10.3 Å². The second kappa shape index (κ2) is 6.69. The van der Waals surface area contributed by atoms with Gasteiger partial charge in [0.15, 0.2) is 0 Å². The normalized spacial score (nSPS) is 16.0. The maximum atomic E-state index is 12.9. The zero-order valence-corrected chi connectivity index (χ0v) is 16.7. The highest BCUT2D eigenvalue weighted by molar-refractivity contribution is 5.95. The Hall–Kier alpha value is -3.68. The molecule has 8 heteroatoms. The van der Waals surface area contributed by atoms with Crippen LogP contribution in [0.1, 0.15) is 39.3 Å². The van der Waals surface area contributed by atoms with Gasteiger partial charge in [0.2, 0.25) is 0 Å². The van der Waals surface area contributed by atoms with Crippen molar-refractivity contribution in [3.05, 3.63) is 73.2 Å². The smallest absolute Gasteiger partial charge is 0.327 e. The number of aryl methyl sites for hydroxylation is 3. The van der Waals surface area contributed by atoms with E-state index in [1.165, 1.54) is 22.2 Å². The fourth-order valence-corrected chi connectivity index (χ4v) is 4.38. The molecular formula is C22H21N5O3. The van der Waals surface area contributed by atoms with Crippen LogP contribution in [0.3, 0.4) is 0 Å². The standard InChI is InChI=1S/C22H21N5O3/c1-10-3-5-15-13(7-10)14-9-12(4-6-16(14)24-15)23-20(28)17-8-11(2)18-19(25-17)26-22(30)27-21(18)29/h3,5,7-8,12,24H,4,6,9H2,1-2H3,(H,23,28)(H2,25,26,27,29,30). The number of pyridine rings is 1. The predicted molar refractivity (Wildman–Crippen MR) is 114 cm³/mol. The van der Waals surface area contributed by atoms with E-state index in [9.17, 15) is 14.4 Å². The van der Waals surface area contributed by atoms with Crippen LogP contribution in [0.2, 0.25) is 0 Å². The molecule has 0 saturated heterocycles. The van der Waals surface area contributed by atoms with E-state index in [4.69, 9.17) is 0 Å². The SMILES string of the molecule is Cc1ccc2[nH]c3c(c2c1)CC(NC(=O)c1cc(C)c2c(=O)[nH]c(=O)[nH]c2n1)CC3. The molecule has 0 spiro atoms. The van der Waals surface area contributed by atoms with Crippen LogP contribution in [0.25, 0.3) is 21.9 Å². The van der Waals surface area contributed by atoms with Gasteiger partial charge in [-0.05, 0) is 62.4 Å². The molecule has 0 radical (unpaired) electrons. The van der Waals surface area contributed by atoms with E-state index in [1.54, 1.807) is 13.0 Å². The predicted octanol–water partition coefficient (Wildman–Crippen LogP) is 2.00. The number of carbonyl (C=O) groups excluding carboxylic acids is 1. The topological polar surface area (TPSA) is 123 Å². The van der Waals surface area contributed by atoms with E-state index in [1.807, 2.05) is 0 Å². The summed E-state index contributed by atoms with van der Waals surface area (Å²) in [4.78, 5) is 48.9. The summed E-state index contributed by atoms with van der Waals surface area (Å²) in [5.74, 6) is -0.314. The van der Waals surface area contributed by atoms with Crippen molar-refractivity contribution in [3.63, 3.8) is 0 Å². The molecule has 30 heavy (non-hydrogen) atoms. The van der Waals surface area contributed by atoms with Crippen molar-refractivity contribution in [2.75, 3.05) is 0 Å². The number of nitrogens with zero attached hydrogens (tertiary/aromatic N) is 1. The van der Waals surface area contributed by atoms with E-state index < -0.39 is 11.2 Å². The monoisotopic (exact) mass is 403 g/mol. The lowest BCUT2D eigenvalue weighted by atomic mass is 9.91. The number of rotatable bonds is 2. The van der Waals surface area contributed by atoms with Crippen molar-refractivity contribution < 1.29 is 4.79 Å². The van der Waals surface area contributed by atoms with E-state index in [-0.39, 0.29) is 28.7 Å². The summed E-state index contributed by atoms with van der Waals surface area (Å²) < 4.78 is 0. The molecule has 1 unspecified atom stereocenters. The van der Waals surface area contributed by atoms with Gasteiger partial charge in [0.05, 0.1) is 5.39 Å². The summed E-state index contributed by atoms with van der Waals surface area (Å²) in [5, 5.41) is 4.56. The van der Waals surface area contributed by atoms with Gasteiger partial charge in [-0.15, -0.1) is 0 Å². The quantitative estimate of drug-likeness (QED) is 0.409. The van der Waals surface area contributed by atoms with E-state index in [2.05, 4.69) is 50.4 Å². The number of aromatic nitrogens is 4. The fourth-order valence-electron chi connectivity index (χ4n) is 4.38. The largest absolute Gasteiger partial charge is 0.358 e. The van der Waals surface area contributed by atoms with Gasteiger partial charge in [-0.25, -0.2) is 9.78 Å². The minimum atomic E-state index is -0.647. The highest BCUT2D eigenvalue weighted by Gasteiger charge is 2.25. The van der Waals surface area contributed by atoms with Crippen LogP contribution < -0.4 is 16.6 Å². The molecule has 1 atom stereocenters. The van der Waals surface area contributed by atoms with E-state index >= 15 is 0 Å². The second-order valence-electron chi connectivity index (χ2n) is 8.00. The number of H-pyrrole nitrogens is 3. The van der Waals surface area contributed by atoms with Gasteiger partial charge in [-0.3, -0.25) is 19.6 Å². The number of hydrogen-bond donors (Lipinski definition) is 4. The molecule has 1 aliphatic rings. The van der Waals surface area contributed by atoms with Crippen LogP contribution in [0.15, 0.2) is 33.9 Å². The lowest BCUT2D eigenvalue weighted by molar-refractivity contribution is 0.0929. The molecule has 0 aliphatic heterocycles. The van der Waals surface area contributed by atoms with Gasteiger partial charge in [0.1, 0.15) is 11.3 Å². The first-order valence-electron chi connectivity index (χ1n) is 9.94. The van der Waals surface area contributed by atoms with Crippen LogP contribution in [-0.2, 0) is 12.8 Å². The summed E-state index contributed by atoms with van der Waals surface area (Å²) >= 11 is 0. The van der Waals surface area contributed by atoms with Crippen LogP contribution >= 0.6 is 0 Å². The van der Waals surface area contributed by atoms with Gasteiger partial charge in [0.25, 0.3) is 11.5 Å². The lowest BCUT2D eigenvalue weighted by Crippen LogP contribution is -2.39. The lowest BCUT2D eigenvalue weighted by Gasteiger charge is -2.23. The van der Waals surface area contributed by atoms with Gasteiger partial charge in [0, 0.05) is 22.6 Å². The summed E-state index contributed by atoms with van der Waals surface area (Å²) in [7, 11) is 0. The third-order valence-corrected chi connectivity index (χ3v) is 5.81. The molecule has 1 amide bonds. The summed E-state index contributed by atoms with van der Waals surface area (Å²) in [6.45, 7) is 3.79. The Balaban J connectivity index is 1.44. The summed E-state index contributed by atoms with van der Waals surface area (Å²) in [6, 6.07) is 7.93. The van der Waals surface area contributed by atoms with Crippen molar-refractivity contribution in [3.8, 4) is 0 Å². The van der Waals surface area contributed by atoms with Crippen molar-refractivity contribution in [2.45, 2.75) is 39.2 Å². The second-order valence-corrected chi connectivity index (χ2v) is 8.00. The molecule has 0 bridgehead atoms. The Morgan fingerprint density at radius 1 is 1.13 bits per heavy atom. The third kappa shape index (κ3) is 3.01. The average molecular weight is 403 g/mol. The van der Waals surface area contributed by atoms with Crippen molar-refractivity contribution in [1.82, 2.24) is 25.3 Å². The van der Waals surface area contributed by atoms with Crippen LogP contribution in [0, 0.1) is 13.8 Å². The summed E-state index contributed by atoms with van der Waals surface area (Å²) in [6.07, 6.45) is 2.43. The van der Waals surface area contributed by atoms with E-state index in [0.717, 1.165) is 24.8 Å². The molecule has 4 aromatic rings. The number of hydrogen-bond acceptors (Lipinski definition) is 4. The molecule has 8 nitrogen and oxygen atoms in total. The maximum Gasteiger partial charge on any atom is 0.327 e. The van der Waals surface area contributed by atoms with Crippen LogP contribution in [0.5, 0.6) is 0 Å². The number of aromatic amines is 3. The number of benzene rings is 1. The van der Waals surface area contributed by atoms with Gasteiger partial charge in [-0.2, -0.15) is 0 Å². The molecule has 1 aromatic carbocycles. The number of amides is 1. The fraction of sp³-hybridized carbons (Fsp3) is 0.273. The highest BCUT2D eigenvalue weighted by atomic mass is 16.2. The number of carbonyl (C=O) groups is 1. The van der Waals surface area contributed by atoms with Gasteiger partial charge >= 0.3 is 5.69 Å². The first kappa shape index (κ1) is 18.4. The molecule has 152 valence electrons. The number of nitrogens with one attached hydrogen (secondary N) is 4. The zero-order valence-electron chi connectivity index (χ0n) is 16.7. The molecule has 0 fully saturated rings. The molecule has 3 heterocycles. The van der Waals surface area contributed by atoms with Crippen LogP contribution in [0.4, 0.5) is 0 Å². The zero-order chi connectivity index (χ0) is 21.0. The minimum absolute atomic E-state index is 0.0134. The third-order valence-electron chi connectivity index (χ3n) is 5.81. The Bertz CT molecular complexity index is 1440. The molecule has 5 rings (SSSR count). The van der Waals surface area contributed by atoms with Gasteiger partial charge in [-0.1, -0.05) is 11.6 Å². The Kier molecular flexibility index (Phi) is 4.09. The Labute approximate surface area is 170 Å². The Morgan fingerprint density at radius 2 is 1.97 bits per heavy atom. The van der Waals surface area contributed by atoms with E-state index in [0.29, 0.717) is 5.56 Å². The molecule has 3 aromatic heterocycles. The molecule has 4 N–H and O–H groups in total. The first-order valence-corrected chi connectivity index (χ1v) is 9.94. The maximum absolute atomic E-state index is 12.9. The molecular weight excluding hydrogens is 382 g/mol. The number of fused-ring (bicyclic) bond motifs is 4. The average Bonchev–Trinajstić information content (AvgIpc) is 3.04. The van der Waals surface area contributed by atoms with Crippen molar-refractivity contribution in [2.24, 2.45) is 0 Å². The molecule has 0 saturated carbocycles. The summed E-state index contributed by atoms with van der Waals surface area (Å²) in [5.41, 5.74) is 4.54. The van der Waals surface area contributed by atoms with Crippen molar-refractivity contribution >= 4 is 27.8 Å². The highest BCUT2D eigenvalue weighted by Crippen LogP contribution is 2.30. The first-order chi connectivity index (χ1) is 14.4. The Morgan fingerprint density at radius 3 is 2.80 bits per heavy atom.